The van der Waals surface area contributed by atoms with Gasteiger partial charge in [-0.15, -0.1) is 21.5 Å². The van der Waals surface area contributed by atoms with Crippen LogP contribution in [0, 0.1) is 0 Å². The number of carbonyl (C=O) groups is 1. The minimum Gasteiger partial charge on any atom is -0.397 e. The summed E-state index contributed by atoms with van der Waals surface area (Å²) in [5.74, 6) is -0.411. The van der Waals surface area contributed by atoms with Crippen LogP contribution in [0.1, 0.15) is 15.2 Å². The average molecular weight is 484 g/mol. The van der Waals surface area contributed by atoms with Crippen molar-refractivity contribution >= 4 is 51.0 Å². The highest BCUT2D eigenvalue weighted by Crippen LogP contribution is 2.42. The van der Waals surface area contributed by atoms with E-state index in [1.54, 1.807) is 30.5 Å². The minimum absolute atomic E-state index is 0.333. The Morgan fingerprint density at radius 2 is 1.56 bits per heavy atom. The first kappa shape index (κ1) is 21.8. The molecule has 0 aliphatic rings. The summed E-state index contributed by atoms with van der Waals surface area (Å²) in [4.78, 5) is 13.8. The molecule has 0 spiro atoms. The lowest BCUT2D eigenvalue weighted by Crippen LogP contribution is -2.17. The Hall–Kier alpha value is -4.07. The van der Waals surface area contributed by atoms with E-state index in [0.29, 0.717) is 31.5 Å². The van der Waals surface area contributed by atoms with Crippen molar-refractivity contribution in [1.82, 2.24) is 15.6 Å². The summed E-state index contributed by atoms with van der Waals surface area (Å²) < 4.78 is 0. The molecule has 0 saturated carbocycles. The zero-order chi connectivity index (χ0) is 23.5. The molecule has 0 aliphatic heterocycles. The predicted molar refractivity (Wildman–Crippen MR) is 139 cm³/mol. The quantitative estimate of drug-likeness (QED) is 0.236. The third-order valence-electron chi connectivity index (χ3n) is 5.22. The molecule has 5 aromatic rings. The van der Waals surface area contributed by atoms with Gasteiger partial charge in [0, 0.05) is 21.5 Å². The van der Waals surface area contributed by atoms with Crippen LogP contribution >= 0.6 is 22.9 Å². The Morgan fingerprint density at radius 3 is 2.24 bits per heavy atom. The molecule has 8 heteroatoms. The highest BCUT2D eigenvalue weighted by molar-refractivity contribution is 7.21. The maximum Gasteiger partial charge on any atom is 0.283 e. The normalized spacial score (nSPS) is 11.2. The van der Waals surface area contributed by atoms with Gasteiger partial charge in [-0.3, -0.25) is 4.79 Å². The van der Waals surface area contributed by atoms with Crippen molar-refractivity contribution in [1.29, 1.82) is 0 Å². The molecule has 0 unspecified atom stereocenters. The molecule has 2 aromatic heterocycles. The predicted octanol–water partition coefficient (Wildman–Crippen LogP) is 6.02. The van der Waals surface area contributed by atoms with Crippen molar-refractivity contribution in [2.75, 3.05) is 5.73 Å². The number of thiophene rings is 1. The lowest BCUT2D eigenvalue weighted by molar-refractivity contribution is 0.0960. The average Bonchev–Trinajstić information content (AvgIpc) is 3.22. The summed E-state index contributed by atoms with van der Waals surface area (Å²) in [6, 6.07) is 26.8. The lowest BCUT2D eigenvalue weighted by Gasteiger charge is -2.11. The summed E-state index contributed by atoms with van der Waals surface area (Å²) in [5, 5.41) is 14.3. The molecule has 0 saturated heterocycles. The topological polar surface area (TPSA) is 93.3 Å². The SMILES string of the molecule is Nc1c(C(=O)N/N=C\c2ccc(Cl)cc2)sc2nnc(-c3ccccc3)c(-c3ccccc3)c12. The third-order valence-corrected chi connectivity index (χ3v) is 6.56. The molecule has 166 valence electrons. The molecule has 1 amide bonds. The standard InChI is InChI=1S/C26H18ClN5OS/c27-19-13-11-16(12-14-19)15-29-31-25(33)24-22(28)21-20(17-7-3-1-4-8-17)23(30-32-26(21)34-24)18-9-5-2-6-10-18/h1-15H,28H2,(H,31,33)/b29-15-. The van der Waals surface area contributed by atoms with Crippen LogP contribution in [0.4, 0.5) is 5.69 Å². The molecule has 6 nitrogen and oxygen atoms in total. The van der Waals surface area contributed by atoms with Crippen LogP contribution in [0.2, 0.25) is 5.02 Å². The van der Waals surface area contributed by atoms with E-state index in [1.165, 1.54) is 11.3 Å². The van der Waals surface area contributed by atoms with Crippen LogP contribution in [0.3, 0.4) is 0 Å². The van der Waals surface area contributed by atoms with Crippen molar-refractivity contribution in [3.63, 3.8) is 0 Å². The lowest BCUT2D eigenvalue weighted by atomic mass is 9.96. The first-order chi connectivity index (χ1) is 16.6. The number of nitrogens with zero attached hydrogens (tertiary/aromatic N) is 3. The van der Waals surface area contributed by atoms with Crippen molar-refractivity contribution in [3.05, 3.63) is 100 Å². The van der Waals surface area contributed by atoms with Crippen LogP contribution in [-0.4, -0.2) is 22.3 Å². The molecule has 0 aliphatic carbocycles. The fourth-order valence-electron chi connectivity index (χ4n) is 3.62. The monoisotopic (exact) mass is 483 g/mol. The smallest absolute Gasteiger partial charge is 0.283 e. The molecular weight excluding hydrogens is 466 g/mol. The number of amides is 1. The van der Waals surface area contributed by atoms with E-state index in [-0.39, 0.29) is 0 Å². The number of fused-ring (bicyclic) bond motifs is 1. The summed E-state index contributed by atoms with van der Waals surface area (Å²) in [7, 11) is 0. The number of nitrogen functional groups attached to an aromatic ring is 1. The van der Waals surface area contributed by atoms with E-state index < -0.39 is 5.91 Å². The van der Waals surface area contributed by atoms with Gasteiger partial charge in [0.1, 0.15) is 15.4 Å². The molecular formula is C26H18ClN5OS. The van der Waals surface area contributed by atoms with Crippen molar-refractivity contribution < 1.29 is 4.79 Å². The van der Waals surface area contributed by atoms with Gasteiger partial charge >= 0.3 is 0 Å². The van der Waals surface area contributed by atoms with E-state index in [1.807, 2.05) is 60.7 Å². The van der Waals surface area contributed by atoms with Gasteiger partial charge in [0.2, 0.25) is 0 Å². The number of hydrogen-bond acceptors (Lipinski definition) is 6. The molecule has 0 atom stereocenters. The Kier molecular flexibility index (Phi) is 6.03. The number of halogens is 1. The maximum absolute atomic E-state index is 12.9. The Morgan fingerprint density at radius 1 is 0.912 bits per heavy atom. The Labute approximate surface area is 204 Å². The van der Waals surface area contributed by atoms with Crippen LogP contribution in [-0.2, 0) is 0 Å². The van der Waals surface area contributed by atoms with E-state index in [4.69, 9.17) is 17.3 Å². The van der Waals surface area contributed by atoms with Crippen LogP contribution < -0.4 is 11.2 Å². The summed E-state index contributed by atoms with van der Waals surface area (Å²) >= 11 is 7.09. The summed E-state index contributed by atoms with van der Waals surface area (Å²) in [6.07, 6.45) is 1.54. The molecule has 34 heavy (non-hydrogen) atoms. The number of carbonyl (C=O) groups excluding carboxylic acids is 1. The second-order valence-electron chi connectivity index (χ2n) is 7.43. The number of hydrazone groups is 1. The summed E-state index contributed by atoms with van der Waals surface area (Å²) in [5.41, 5.74) is 13.7. The molecule has 3 N–H and O–H groups in total. The fourth-order valence-corrected chi connectivity index (χ4v) is 4.69. The van der Waals surface area contributed by atoms with Gasteiger partial charge in [-0.2, -0.15) is 5.10 Å². The van der Waals surface area contributed by atoms with Crippen LogP contribution in [0.5, 0.6) is 0 Å². The molecule has 2 heterocycles. The Balaban J connectivity index is 1.57. The van der Waals surface area contributed by atoms with E-state index in [0.717, 1.165) is 22.3 Å². The fraction of sp³-hybridized carbons (Fsp3) is 0. The maximum atomic E-state index is 12.9. The number of hydrogen-bond donors (Lipinski definition) is 2. The van der Waals surface area contributed by atoms with E-state index >= 15 is 0 Å². The van der Waals surface area contributed by atoms with Crippen LogP contribution in [0.15, 0.2) is 90.0 Å². The second kappa shape index (κ2) is 9.43. The molecule has 5 rings (SSSR count). The number of rotatable bonds is 5. The molecule has 3 aromatic carbocycles. The number of nitrogens with one attached hydrogen (secondary N) is 1. The van der Waals surface area contributed by atoms with Crippen molar-refractivity contribution in [3.8, 4) is 22.4 Å². The molecule has 0 radical (unpaired) electrons. The van der Waals surface area contributed by atoms with E-state index in [2.05, 4.69) is 20.7 Å². The molecule has 0 fully saturated rings. The number of benzene rings is 3. The number of anilines is 1. The minimum atomic E-state index is -0.411. The van der Waals surface area contributed by atoms with Crippen LogP contribution in [0.25, 0.3) is 32.6 Å². The second-order valence-corrected chi connectivity index (χ2v) is 8.87. The first-order valence-electron chi connectivity index (χ1n) is 10.4. The number of aromatic nitrogens is 2. The van der Waals surface area contributed by atoms with Gasteiger partial charge < -0.3 is 5.73 Å². The number of nitrogens with two attached hydrogens (primary N) is 1. The van der Waals surface area contributed by atoms with Crippen molar-refractivity contribution in [2.45, 2.75) is 0 Å². The Bertz CT molecular complexity index is 1500. The zero-order valence-corrected chi connectivity index (χ0v) is 19.3. The van der Waals surface area contributed by atoms with Gasteiger partial charge in [0.25, 0.3) is 5.91 Å². The van der Waals surface area contributed by atoms with Gasteiger partial charge in [-0.25, -0.2) is 5.43 Å². The van der Waals surface area contributed by atoms with Gasteiger partial charge in [-0.1, -0.05) is 84.4 Å². The van der Waals surface area contributed by atoms with Crippen molar-refractivity contribution in [2.24, 2.45) is 5.10 Å². The van der Waals surface area contributed by atoms with E-state index in [9.17, 15) is 4.79 Å². The zero-order valence-electron chi connectivity index (χ0n) is 17.8. The van der Waals surface area contributed by atoms with Gasteiger partial charge in [0.15, 0.2) is 0 Å². The molecule has 0 bridgehead atoms. The highest BCUT2D eigenvalue weighted by atomic mass is 35.5. The first-order valence-corrected chi connectivity index (χ1v) is 11.6. The van der Waals surface area contributed by atoms with Gasteiger partial charge in [-0.05, 0) is 23.3 Å². The summed E-state index contributed by atoms with van der Waals surface area (Å²) in [6.45, 7) is 0. The third kappa shape index (κ3) is 4.26. The largest absolute Gasteiger partial charge is 0.397 e. The highest BCUT2D eigenvalue weighted by Gasteiger charge is 2.23. The van der Waals surface area contributed by atoms with Gasteiger partial charge in [0.05, 0.1) is 11.9 Å².